The van der Waals surface area contributed by atoms with E-state index in [0.717, 1.165) is 31.5 Å². The fourth-order valence-corrected chi connectivity index (χ4v) is 4.18. The van der Waals surface area contributed by atoms with Crippen LogP contribution in [0.4, 0.5) is 20.4 Å². The summed E-state index contributed by atoms with van der Waals surface area (Å²) in [7, 11) is 0. The predicted molar refractivity (Wildman–Crippen MR) is 132 cm³/mol. The van der Waals surface area contributed by atoms with Crippen molar-refractivity contribution in [2.75, 3.05) is 30.7 Å². The first-order valence-corrected chi connectivity index (χ1v) is 11.5. The molecule has 2 aromatic carbocycles. The third-order valence-electron chi connectivity index (χ3n) is 6.22. The number of nitrogens with two attached hydrogens (primary N) is 1. The molecule has 1 saturated heterocycles. The highest BCUT2D eigenvalue weighted by molar-refractivity contribution is 5.84. The summed E-state index contributed by atoms with van der Waals surface area (Å²) in [4.78, 5) is 10.2. The lowest BCUT2D eigenvalue weighted by atomic mass is 9.96. The van der Waals surface area contributed by atoms with Crippen molar-refractivity contribution in [3.8, 4) is 16.9 Å². The molecule has 0 bridgehead atoms. The Hall–Kier alpha value is -3.56. The molecule has 3 aromatic rings. The second-order valence-electron chi connectivity index (χ2n) is 8.51. The molecule has 7 nitrogen and oxygen atoms in total. The maximum Gasteiger partial charge on any atom is 0.201 e. The Morgan fingerprint density at radius 3 is 2.60 bits per heavy atom. The van der Waals surface area contributed by atoms with Crippen molar-refractivity contribution in [2.45, 2.75) is 25.7 Å². The van der Waals surface area contributed by atoms with Crippen LogP contribution in [0.15, 0.2) is 61.4 Å². The maximum atomic E-state index is 15.1. The number of hydrogen-bond donors (Lipinski definition) is 3. The number of nitrogens with one attached hydrogen (secondary N) is 1. The fourth-order valence-electron chi connectivity index (χ4n) is 4.18. The van der Waals surface area contributed by atoms with Crippen LogP contribution in [0.1, 0.15) is 18.4 Å². The van der Waals surface area contributed by atoms with Gasteiger partial charge in [0.1, 0.15) is 30.8 Å². The number of rotatable bonds is 9. The number of hydrogen-bond acceptors (Lipinski definition) is 7. The summed E-state index contributed by atoms with van der Waals surface area (Å²) < 4.78 is 35.5. The first kappa shape index (κ1) is 24.6. The summed E-state index contributed by atoms with van der Waals surface area (Å²) in [6, 6.07) is 12.1. The summed E-state index contributed by atoms with van der Waals surface area (Å²) in [5, 5.41) is 13.2. The van der Waals surface area contributed by atoms with Crippen molar-refractivity contribution in [3.05, 3.63) is 78.6 Å². The lowest BCUT2D eigenvalue weighted by Crippen LogP contribution is -2.41. The number of nitrogens with zero attached hydrogens (tertiary/aromatic N) is 3. The SMILES string of the molecule is C=CC(O)N1CCC(CNc2ncnc(N)c2-c2ccc(OCc3ccccc3)c(F)c2F)CC1. The maximum absolute atomic E-state index is 15.1. The van der Waals surface area contributed by atoms with E-state index in [0.29, 0.717) is 18.3 Å². The van der Waals surface area contributed by atoms with Gasteiger partial charge in [-0.3, -0.25) is 4.90 Å². The average molecular weight is 482 g/mol. The summed E-state index contributed by atoms with van der Waals surface area (Å²) in [5.74, 6) is -1.66. The molecule has 35 heavy (non-hydrogen) atoms. The molecule has 2 heterocycles. The number of piperidine rings is 1. The van der Waals surface area contributed by atoms with E-state index in [1.54, 1.807) is 0 Å². The van der Waals surface area contributed by atoms with E-state index in [1.165, 1.54) is 24.5 Å². The molecule has 184 valence electrons. The Labute approximate surface area is 203 Å². The molecule has 9 heteroatoms. The van der Waals surface area contributed by atoms with Crippen LogP contribution in [-0.2, 0) is 6.61 Å². The van der Waals surface area contributed by atoms with Crippen molar-refractivity contribution in [1.29, 1.82) is 0 Å². The molecule has 0 spiro atoms. The monoisotopic (exact) mass is 481 g/mol. The normalized spacial score (nSPS) is 15.5. The Bertz CT molecular complexity index is 1150. The Morgan fingerprint density at radius 2 is 1.89 bits per heavy atom. The van der Waals surface area contributed by atoms with Crippen molar-refractivity contribution < 1.29 is 18.6 Å². The van der Waals surface area contributed by atoms with E-state index in [4.69, 9.17) is 10.5 Å². The second-order valence-corrected chi connectivity index (χ2v) is 8.51. The minimum atomic E-state index is -1.10. The molecule has 1 atom stereocenters. The minimum Gasteiger partial charge on any atom is -0.486 e. The second kappa shape index (κ2) is 11.2. The van der Waals surface area contributed by atoms with E-state index in [-0.39, 0.29) is 29.3 Å². The average Bonchev–Trinajstić information content (AvgIpc) is 2.89. The van der Waals surface area contributed by atoms with E-state index in [9.17, 15) is 9.50 Å². The minimum absolute atomic E-state index is 0.0425. The van der Waals surface area contributed by atoms with Gasteiger partial charge in [-0.25, -0.2) is 14.4 Å². The fraction of sp³-hybridized carbons (Fsp3) is 0.308. The number of likely N-dealkylation sites (tertiary alicyclic amines) is 1. The van der Waals surface area contributed by atoms with Crippen LogP contribution in [0.3, 0.4) is 0 Å². The van der Waals surface area contributed by atoms with Crippen LogP contribution in [0, 0.1) is 17.6 Å². The van der Waals surface area contributed by atoms with Gasteiger partial charge in [-0.05, 0) is 42.5 Å². The van der Waals surface area contributed by atoms with E-state index in [2.05, 4.69) is 21.9 Å². The largest absolute Gasteiger partial charge is 0.486 e. The Morgan fingerprint density at radius 1 is 1.14 bits per heavy atom. The van der Waals surface area contributed by atoms with Gasteiger partial charge in [0.15, 0.2) is 11.6 Å². The molecule has 4 N–H and O–H groups in total. The zero-order chi connectivity index (χ0) is 24.8. The van der Waals surface area contributed by atoms with Gasteiger partial charge in [0.25, 0.3) is 0 Å². The lowest BCUT2D eigenvalue weighted by Gasteiger charge is -2.34. The van der Waals surface area contributed by atoms with Crippen LogP contribution >= 0.6 is 0 Å². The number of ether oxygens (including phenoxy) is 1. The zero-order valence-electron chi connectivity index (χ0n) is 19.3. The Kier molecular flexibility index (Phi) is 7.89. The highest BCUT2D eigenvalue weighted by Crippen LogP contribution is 2.36. The van der Waals surface area contributed by atoms with Crippen molar-refractivity contribution in [3.63, 3.8) is 0 Å². The summed E-state index contributed by atoms with van der Waals surface area (Å²) >= 11 is 0. The highest BCUT2D eigenvalue weighted by atomic mass is 19.2. The van der Waals surface area contributed by atoms with Crippen LogP contribution in [-0.4, -0.2) is 45.8 Å². The molecule has 0 radical (unpaired) electrons. The van der Waals surface area contributed by atoms with Crippen molar-refractivity contribution >= 4 is 11.6 Å². The first-order chi connectivity index (χ1) is 17.0. The first-order valence-electron chi connectivity index (χ1n) is 11.5. The van der Waals surface area contributed by atoms with Gasteiger partial charge in [0.2, 0.25) is 5.82 Å². The molecular weight excluding hydrogens is 452 g/mol. The third kappa shape index (κ3) is 5.75. The van der Waals surface area contributed by atoms with Crippen molar-refractivity contribution in [1.82, 2.24) is 14.9 Å². The Balaban J connectivity index is 1.48. The van der Waals surface area contributed by atoms with Gasteiger partial charge in [-0.2, -0.15) is 4.39 Å². The van der Waals surface area contributed by atoms with Crippen LogP contribution in [0.2, 0.25) is 0 Å². The summed E-state index contributed by atoms with van der Waals surface area (Å²) in [5.41, 5.74) is 7.07. The molecule has 0 saturated carbocycles. The van der Waals surface area contributed by atoms with E-state index in [1.807, 2.05) is 35.2 Å². The van der Waals surface area contributed by atoms with E-state index < -0.39 is 17.9 Å². The zero-order valence-corrected chi connectivity index (χ0v) is 19.3. The molecule has 0 aliphatic carbocycles. The van der Waals surface area contributed by atoms with Gasteiger partial charge in [0, 0.05) is 25.2 Å². The number of aliphatic hydroxyl groups excluding tert-OH is 1. The van der Waals surface area contributed by atoms with Gasteiger partial charge in [-0.15, -0.1) is 0 Å². The third-order valence-corrected chi connectivity index (χ3v) is 6.22. The van der Waals surface area contributed by atoms with Crippen molar-refractivity contribution in [2.24, 2.45) is 5.92 Å². The van der Waals surface area contributed by atoms with Gasteiger partial charge >= 0.3 is 0 Å². The lowest BCUT2D eigenvalue weighted by molar-refractivity contribution is 0.0186. The molecule has 0 amide bonds. The van der Waals surface area contributed by atoms with Gasteiger partial charge in [-0.1, -0.05) is 36.9 Å². The molecule has 1 aliphatic rings. The smallest absolute Gasteiger partial charge is 0.201 e. The topological polar surface area (TPSA) is 96.5 Å². The number of benzene rings is 2. The summed E-state index contributed by atoms with van der Waals surface area (Å²) in [6.45, 7) is 5.79. The number of halogens is 2. The highest BCUT2D eigenvalue weighted by Gasteiger charge is 2.24. The van der Waals surface area contributed by atoms with Crippen LogP contribution in [0.25, 0.3) is 11.1 Å². The number of anilines is 2. The van der Waals surface area contributed by atoms with Crippen LogP contribution < -0.4 is 15.8 Å². The number of aromatic nitrogens is 2. The molecule has 1 aromatic heterocycles. The van der Waals surface area contributed by atoms with Gasteiger partial charge < -0.3 is 20.9 Å². The quantitative estimate of drug-likeness (QED) is 0.394. The van der Waals surface area contributed by atoms with E-state index >= 15 is 4.39 Å². The molecular formula is C26H29F2N5O2. The molecule has 4 rings (SSSR count). The number of nitrogen functional groups attached to an aromatic ring is 1. The molecule has 1 fully saturated rings. The molecule has 1 aliphatic heterocycles. The predicted octanol–water partition coefficient (Wildman–Crippen LogP) is 4.21. The van der Waals surface area contributed by atoms with Gasteiger partial charge in [0.05, 0.1) is 5.56 Å². The summed E-state index contributed by atoms with van der Waals surface area (Å²) in [6.07, 6.45) is 3.89. The number of aliphatic hydroxyl groups is 1. The standard InChI is InChI=1S/C26H29F2N5O2/c1-2-21(34)33-12-10-17(11-13-33)14-30-26-22(25(29)31-16-32-26)19-8-9-20(24(28)23(19)27)35-15-18-6-4-3-5-7-18/h2-9,16-17,21,34H,1,10-15H2,(H3,29,30,31,32). The van der Waals surface area contributed by atoms with Crippen LogP contribution in [0.5, 0.6) is 5.75 Å². The molecule has 1 unspecified atom stereocenters.